The van der Waals surface area contributed by atoms with Crippen molar-refractivity contribution in [2.75, 3.05) is 0 Å². The summed E-state index contributed by atoms with van der Waals surface area (Å²) in [6.45, 7) is 0. The van der Waals surface area contributed by atoms with Crippen molar-refractivity contribution < 1.29 is 0 Å². The molecule has 0 aliphatic carbocycles. The first-order valence-electron chi connectivity index (χ1n) is 22.7. The molecule has 0 atom stereocenters. The highest BCUT2D eigenvalue weighted by Gasteiger charge is 2.20. The van der Waals surface area contributed by atoms with Crippen molar-refractivity contribution in [1.29, 1.82) is 0 Å². The predicted octanol–water partition coefficient (Wildman–Crippen LogP) is 17.3. The van der Waals surface area contributed by atoms with E-state index in [0.717, 1.165) is 105 Å². The van der Waals surface area contributed by atoms with E-state index in [2.05, 4.69) is 218 Å². The van der Waals surface area contributed by atoms with Gasteiger partial charge in [0, 0.05) is 53.2 Å². The van der Waals surface area contributed by atoms with E-state index in [1.807, 2.05) is 12.1 Å². The molecule has 0 N–H and O–H groups in total. The van der Waals surface area contributed by atoms with Crippen LogP contribution in [0.15, 0.2) is 231 Å². The lowest BCUT2D eigenvalue weighted by atomic mass is 9.95. The monoisotopic (exact) mass is 902 g/mol. The molecule has 13 aromatic rings. The van der Waals surface area contributed by atoms with Crippen LogP contribution in [0.4, 0.5) is 0 Å². The molecule has 68 heavy (non-hydrogen) atoms. The van der Waals surface area contributed by atoms with Crippen molar-refractivity contribution in [3.05, 3.63) is 231 Å². The number of rotatable bonds is 8. The van der Waals surface area contributed by atoms with Gasteiger partial charge >= 0.3 is 0 Å². The maximum Gasteiger partial charge on any atom is 0.161 e. The lowest BCUT2D eigenvalue weighted by Crippen LogP contribution is -1.94. The summed E-state index contributed by atoms with van der Waals surface area (Å²) in [6, 6.07) is 81.7. The van der Waals surface area contributed by atoms with Crippen LogP contribution in [-0.4, -0.2) is 19.9 Å². The number of benzene rings is 9. The molecule has 9 aromatic carbocycles. The van der Waals surface area contributed by atoms with Crippen molar-refractivity contribution in [3.63, 3.8) is 0 Å². The fourth-order valence-corrected chi connectivity index (χ4v) is 11.6. The van der Waals surface area contributed by atoms with Crippen molar-refractivity contribution >= 4 is 63.3 Å². The summed E-state index contributed by atoms with van der Waals surface area (Å²) in [5, 5.41) is 4.52. The molecule has 0 radical (unpaired) electrons. The number of hydrogen-bond donors (Lipinski definition) is 0. The van der Waals surface area contributed by atoms with Gasteiger partial charge in [-0.1, -0.05) is 194 Å². The lowest BCUT2D eigenvalue weighted by Gasteiger charge is -2.12. The van der Waals surface area contributed by atoms with E-state index in [9.17, 15) is 0 Å². The Labute approximate surface area is 401 Å². The summed E-state index contributed by atoms with van der Waals surface area (Å²) in [4.78, 5) is 23.1. The van der Waals surface area contributed by atoms with Crippen LogP contribution in [-0.2, 0) is 0 Å². The molecule has 4 heterocycles. The van der Waals surface area contributed by atoms with E-state index < -0.39 is 0 Å². The number of nitrogens with zero attached hydrogens (tertiary/aromatic N) is 4. The van der Waals surface area contributed by atoms with Crippen LogP contribution in [0, 0.1) is 0 Å². The van der Waals surface area contributed by atoms with Crippen LogP contribution < -0.4 is 0 Å². The first-order chi connectivity index (χ1) is 33.7. The van der Waals surface area contributed by atoms with Gasteiger partial charge in [-0.2, -0.15) is 0 Å². The Bertz CT molecular complexity index is 4030. The Morgan fingerprint density at radius 1 is 0.235 bits per heavy atom. The third-order valence-electron chi connectivity index (χ3n) is 12.8. The topological polar surface area (TPSA) is 51.6 Å². The molecular weight excluding hydrogens is 865 g/mol. The number of hydrogen-bond acceptors (Lipinski definition) is 6. The molecule has 6 heteroatoms. The molecule has 0 bridgehead atoms. The fraction of sp³-hybridized carbons (Fsp3) is 0. The largest absolute Gasteiger partial charge is 0.227 e. The van der Waals surface area contributed by atoms with Gasteiger partial charge in [-0.3, -0.25) is 0 Å². The number of thiophene rings is 2. The van der Waals surface area contributed by atoms with Gasteiger partial charge in [0.15, 0.2) is 11.6 Å². The molecule has 4 aromatic heterocycles. The van der Waals surface area contributed by atoms with E-state index in [0.29, 0.717) is 0 Å². The van der Waals surface area contributed by atoms with Gasteiger partial charge in [-0.15, -0.1) is 22.7 Å². The third-order valence-corrected chi connectivity index (χ3v) is 14.9. The highest BCUT2D eigenvalue weighted by molar-refractivity contribution is 7.26. The molecule has 0 amide bonds. The van der Waals surface area contributed by atoms with Crippen molar-refractivity contribution in [3.8, 4) is 89.8 Å². The Morgan fingerprint density at radius 3 is 1.04 bits per heavy atom. The second-order valence-corrected chi connectivity index (χ2v) is 19.0. The summed E-state index contributed by atoms with van der Waals surface area (Å²) in [5.41, 5.74) is 15.1. The van der Waals surface area contributed by atoms with Gasteiger partial charge in [-0.05, 0) is 80.9 Å². The van der Waals surface area contributed by atoms with E-state index >= 15 is 0 Å². The van der Waals surface area contributed by atoms with Gasteiger partial charge < -0.3 is 0 Å². The second-order valence-electron chi connectivity index (χ2n) is 17.0. The second kappa shape index (κ2) is 16.8. The van der Waals surface area contributed by atoms with Gasteiger partial charge in [0.1, 0.15) is 9.66 Å². The average molecular weight is 903 g/mol. The fourth-order valence-electron chi connectivity index (χ4n) is 9.40. The summed E-state index contributed by atoms with van der Waals surface area (Å²) in [5.74, 6) is 1.44. The first-order valence-corrected chi connectivity index (χ1v) is 24.3. The highest BCUT2D eigenvalue weighted by atomic mass is 32.1. The summed E-state index contributed by atoms with van der Waals surface area (Å²) >= 11 is 3.44. The molecule has 318 valence electrons. The molecular formula is C62H38N4S2. The minimum Gasteiger partial charge on any atom is -0.227 e. The maximum absolute atomic E-state index is 5.39. The normalized spacial score (nSPS) is 11.5. The quantitative estimate of drug-likeness (QED) is 0.152. The summed E-state index contributed by atoms with van der Waals surface area (Å²) in [6.07, 6.45) is 0. The Hall–Kier alpha value is -8.42. The highest BCUT2D eigenvalue weighted by Crippen LogP contribution is 2.43. The maximum atomic E-state index is 5.39. The van der Waals surface area contributed by atoms with E-state index in [1.54, 1.807) is 22.7 Å². The van der Waals surface area contributed by atoms with E-state index in [-0.39, 0.29) is 0 Å². The SMILES string of the molecule is c1ccc(-c2cccc(-c3nc(-c4ccc(-c5cccc(-c6cccc(-c7nc(-c8cccc(-c9ccccc9)c8)nc8sc9ccccc9c78)c6)c5)cc4)c4c(n3)sc3ccccc34)c2)cc1. The number of aromatic nitrogens is 4. The third kappa shape index (κ3) is 7.24. The molecule has 0 saturated heterocycles. The molecule has 4 nitrogen and oxygen atoms in total. The van der Waals surface area contributed by atoms with Gasteiger partial charge in [0.25, 0.3) is 0 Å². The molecule has 0 aliphatic heterocycles. The standard InChI is InChI=1S/C62H38N4S2/c1-3-15-39(16-4-1)44-20-13-25-49(37-44)59-63-57(55-51-27-7-9-29-53(51)67-61(55)65-59)42-33-31-41(32-34-42)43-19-11-22-46(35-43)47-23-12-24-48(36-47)58-56-52-28-8-10-30-54(52)68-62(56)66-60(64-58)50-26-14-21-45(38-50)40-17-5-2-6-18-40/h1-38H. The van der Waals surface area contributed by atoms with Gasteiger partial charge in [-0.25, -0.2) is 19.9 Å². The van der Waals surface area contributed by atoms with E-state index in [1.165, 1.54) is 25.7 Å². The zero-order valence-corrected chi connectivity index (χ0v) is 38.2. The minimum absolute atomic E-state index is 0.719. The van der Waals surface area contributed by atoms with Crippen LogP contribution in [0.3, 0.4) is 0 Å². The van der Waals surface area contributed by atoms with Crippen molar-refractivity contribution in [1.82, 2.24) is 19.9 Å². The minimum atomic E-state index is 0.719. The lowest BCUT2D eigenvalue weighted by molar-refractivity contribution is 1.24. The Kier molecular flexibility index (Phi) is 9.85. The Morgan fingerprint density at radius 2 is 0.559 bits per heavy atom. The van der Waals surface area contributed by atoms with Gasteiger partial charge in [0.05, 0.1) is 11.4 Å². The summed E-state index contributed by atoms with van der Waals surface area (Å²) in [7, 11) is 0. The molecule has 0 saturated carbocycles. The molecule has 0 spiro atoms. The van der Waals surface area contributed by atoms with Crippen molar-refractivity contribution in [2.45, 2.75) is 0 Å². The van der Waals surface area contributed by atoms with Crippen LogP contribution in [0.2, 0.25) is 0 Å². The smallest absolute Gasteiger partial charge is 0.161 e. The zero-order valence-electron chi connectivity index (χ0n) is 36.5. The van der Waals surface area contributed by atoms with Crippen LogP contribution in [0.1, 0.15) is 0 Å². The van der Waals surface area contributed by atoms with Gasteiger partial charge in [0.2, 0.25) is 0 Å². The molecule has 0 fully saturated rings. The van der Waals surface area contributed by atoms with Crippen LogP contribution >= 0.6 is 22.7 Å². The van der Waals surface area contributed by atoms with Crippen molar-refractivity contribution in [2.24, 2.45) is 0 Å². The number of fused-ring (bicyclic) bond motifs is 6. The Balaban J connectivity index is 0.868. The first kappa shape index (κ1) is 39.9. The predicted molar refractivity (Wildman–Crippen MR) is 287 cm³/mol. The molecule has 0 aliphatic rings. The summed E-state index contributed by atoms with van der Waals surface area (Å²) < 4.78 is 2.40. The zero-order chi connectivity index (χ0) is 45.0. The van der Waals surface area contributed by atoms with Crippen LogP contribution in [0.25, 0.3) is 130 Å². The van der Waals surface area contributed by atoms with E-state index in [4.69, 9.17) is 19.9 Å². The van der Waals surface area contributed by atoms with Crippen LogP contribution in [0.5, 0.6) is 0 Å². The average Bonchev–Trinajstić information content (AvgIpc) is 4.00. The molecule has 0 unspecified atom stereocenters. The molecule has 13 rings (SSSR count).